The lowest BCUT2D eigenvalue weighted by Gasteiger charge is -2.35. The number of hydrogen-bond acceptors (Lipinski definition) is 4. The minimum absolute atomic E-state index is 0.361. The molecule has 1 aliphatic heterocycles. The van der Waals surface area contributed by atoms with Crippen LogP contribution in [0, 0.1) is 0 Å². The molecule has 0 saturated carbocycles. The van der Waals surface area contributed by atoms with Gasteiger partial charge in [-0.1, -0.05) is 19.9 Å². The highest BCUT2D eigenvalue weighted by Crippen LogP contribution is 2.13. The molecule has 23 heavy (non-hydrogen) atoms. The van der Waals surface area contributed by atoms with Crippen LogP contribution in [0.2, 0.25) is 0 Å². The molecule has 0 aromatic carbocycles. The maximum atomic E-state index is 12.4. The van der Waals surface area contributed by atoms with E-state index < -0.39 is 0 Å². The minimum Gasteiger partial charge on any atom is -0.353 e. The van der Waals surface area contributed by atoms with Gasteiger partial charge in [-0.3, -0.25) is 9.59 Å². The molecule has 0 unspecified atom stereocenters. The Labute approximate surface area is 138 Å². The van der Waals surface area contributed by atoms with Crippen LogP contribution in [0.5, 0.6) is 0 Å². The lowest BCUT2D eigenvalue weighted by molar-refractivity contribution is -0.152. The van der Waals surface area contributed by atoms with Gasteiger partial charge in [0.15, 0.2) is 0 Å². The third kappa shape index (κ3) is 4.43. The molecule has 0 bridgehead atoms. The lowest BCUT2D eigenvalue weighted by atomic mass is 10.2. The number of hydrogen-bond donors (Lipinski definition) is 0. The molecule has 126 valence electrons. The van der Waals surface area contributed by atoms with E-state index in [0.717, 1.165) is 18.7 Å². The van der Waals surface area contributed by atoms with Crippen LogP contribution in [0.4, 0.5) is 5.82 Å². The minimum atomic E-state index is -0.368. The summed E-state index contributed by atoms with van der Waals surface area (Å²) in [6, 6.07) is 5.81. The molecule has 0 N–H and O–H groups in total. The van der Waals surface area contributed by atoms with Crippen LogP contribution in [0.25, 0.3) is 0 Å². The molecule has 0 radical (unpaired) electrons. The monoisotopic (exact) mass is 318 g/mol. The van der Waals surface area contributed by atoms with E-state index in [1.165, 1.54) is 0 Å². The fraction of sp³-hybridized carbons (Fsp3) is 0.588. The SMILES string of the molecule is CCCN(CCC)C(=O)C(=O)N1CCN(c2ccccn2)CC1. The number of carbonyl (C=O) groups excluding carboxylic acids is 2. The van der Waals surface area contributed by atoms with Crippen LogP contribution < -0.4 is 4.90 Å². The van der Waals surface area contributed by atoms with Crippen molar-refractivity contribution in [2.45, 2.75) is 26.7 Å². The topological polar surface area (TPSA) is 56.8 Å². The second-order valence-electron chi connectivity index (χ2n) is 5.76. The number of nitrogens with zero attached hydrogens (tertiary/aromatic N) is 4. The molecule has 6 heteroatoms. The Morgan fingerprint density at radius 2 is 1.74 bits per heavy atom. The zero-order valence-corrected chi connectivity index (χ0v) is 14.1. The Morgan fingerprint density at radius 3 is 2.26 bits per heavy atom. The normalized spacial score (nSPS) is 14.7. The molecular weight excluding hydrogens is 292 g/mol. The van der Waals surface area contributed by atoms with Crippen molar-refractivity contribution in [3.63, 3.8) is 0 Å². The van der Waals surface area contributed by atoms with Gasteiger partial charge in [-0.05, 0) is 25.0 Å². The standard InChI is InChI=1S/C17H26N4O2/c1-3-9-20(10-4-2)16(22)17(23)21-13-11-19(12-14-21)15-7-5-6-8-18-15/h5-8H,3-4,9-14H2,1-2H3. The third-order valence-corrected chi connectivity index (χ3v) is 4.00. The van der Waals surface area contributed by atoms with Crippen LogP contribution in [-0.2, 0) is 9.59 Å². The Balaban J connectivity index is 1.91. The molecule has 0 atom stereocenters. The summed E-state index contributed by atoms with van der Waals surface area (Å²) in [5.74, 6) is 0.192. The van der Waals surface area contributed by atoms with E-state index >= 15 is 0 Å². The Hall–Kier alpha value is -2.11. The summed E-state index contributed by atoms with van der Waals surface area (Å²) in [7, 11) is 0. The van der Waals surface area contributed by atoms with E-state index in [4.69, 9.17) is 0 Å². The third-order valence-electron chi connectivity index (χ3n) is 4.00. The molecule has 2 heterocycles. The van der Waals surface area contributed by atoms with E-state index in [1.807, 2.05) is 32.0 Å². The van der Waals surface area contributed by atoms with Crippen molar-refractivity contribution in [3.8, 4) is 0 Å². The molecule has 1 aromatic rings. The van der Waals surface area contributed by atoms with Gasteiger partial charge in [0.1, 0.15) is 5.82 Å². The maximum Gasteiger partial charge on any atom is 0.312 e. The van der Waals surface area contributed by atoms with Gasteiger partial charge in [0.25, 0.3) is 0 Å². The van der Waals surface area contributed by atoms with Crippen LogP contribution >= 0.6 is 0 Å². The smallest absolute Gasteiger partial charge is 0.312 e. The first kappa shape index (κ1) is 17.2. The van der Waals surface area contributed by atoms with Gasteiger partial charge in [-0.2, -0.15) is 0 Å². The summed E-state index contributed by atoms with van der Waals surface area (Å²) in [5.41, 5.74) is 0. The molecule has 6 nitrogen and oxygen atoms in total. The number of pyridine rings is 1. The number of piperazine rings is 1. The molecule has 1 aromatic heterocycles. The predicted octanol–water partition coefficient (Wildman–Crippen LogP) is 1.38. The predicted molar refractivity (Wildman–Crippen MR) is 90.2 cm³/mol. The zero-order chi connectivity index (χ0) is 16.7. The zero-order valence-electron chi connectivity index (χ0n) is 14.1. The average Bonchev–Trinajstić information content (AvgIpc) is 2.61. The second-order valence-corrected chi connectivity index (χ2v) is 5.76. The number of carbonyl (C=O) groups is 2. The first-order valence-corrected chi connectivity index (χ1v) is 8.41. The van der Waals surface area contributed by atoms with Crippen molar-refractivity contribution in [2.75, 3.05) is 44.2 Å². The van der Waals surface area contributed by atoms with Gasteiger partial charge in [0.2, 0.25) is 0 Å². The summed E-state index contributed by atoms with van der Waals surface area (Å²) in [4.78, 5) is 34.6. The van der Waals surface area contributed by atoms with Gasteiger partial charge in [-0.25, -0.2) is 4.98 Å². The lowest BCUT2D eigenvalue weighted by Crippen LogP contribution is -2.53. The molecule has 1 saturated heterocycles. The van der Waals surface area contributed by atoms with E-state index in [9.17, 15) is 9.59 Å². The molecule has 1 aliphatic rings. The van der Waals surface area contributed by atoms with Gasteiger partial charge in [-0.15, -0.1) is 0 Å². The summed E-state index contributed by atoms with van der Waals surface area (Å²) in [5, 5.41) is 0. The number of rotatable bonds is 5. The summed E-state index contributed by atoms with van der Waals surface area (Å²) in [6.07, 6.45) is 3.50. The van der Waals surface area contributed by atoms with Crippen molar-refractivity contribution in [2.24, 2.45) is 0 Å². The molecule has 0 spiro atoms. The first-order chi connectivity index (χ1) is 11.2. The Bertz CT molecular complexity index is 507. The first-order valence-electron chi connectivity index (χ1n) is 8.41. The molecular formula is C17H26N4O2. The van der Waals surface area contributed by atoms with Crippen molar-refractivity contribution >= 4 is 17.6 Å². The van der Waals surface area contributed by atoms with Crippen molar-refractivity contribution in [1.82, 2.24) is 14.8 Å². The Morgan fingerprint density at radius 1 is 1.09 bits per heavy atom. The molecule has 1 fully saturated rings. The van der Waals surface area contributed by atoms with Crippen LogP contribution in [0.1, 0.15) is 26.7 Å². The largest absolute Gasteiger partial charge is 0.353 e. The Kier molecular flexibility index (Phi) is 6.38. The van der Waals surface area contributed by atoms with Crippen LogP contribution in [-0.4, -0.2) is 65.9 Å². The van der Waals surface area contributed by atoms with Crippen molar-refractivity contribution in [1.29, 1.82) is 0 Å². The van der Waals surface area contributed by atoms with Gasteiger partial charge < -0.3 is 14.7 Å². The highest BCUT2D eigenvalue weighted by atomic mass is 16.2. The van der Waals surface area contributed by atoms with Gasteiger partial charge >= 0.3 is 11.8 Å². The quantitative estimate of drug-likeness (QED) is 0.770. The molecule has 2 rings (SSSR count). The van der Waals surface area contributed by atoms with E-state index in [-0.39, 0.29) is 11.8 Å². The van der Waals surface area contributed by atoms with E-state index in [1.54, 1.807) is 16.0 Å². The molecule has 0 aliphatic carbocycles. The van der Waals surface area contributed by atoms with E-state index in [0.29, 0.717) is 39.3 Å². The maximum absolute atomic E-state index is 12.4. The fourth-order valence-electron chi connectivity index (χ4n) is 2.80. The van der Waals surface area contributed by atoms with Crippen molar-refractivity contribution in [3.05, 3.63) is 24.4 Å². The van der Waals surface area contributed by atoms with E-state index in [2.05, 4.69) is 9.88 Å². The summed E-state index contributed by atoms with van der Waals surface area (Å²) >= 11 is 0. The van der Waals surface area contributed by atoms with Gasteiger partial charge in [0, 0.05) is 45.5 Å². The van der Waals surface area contributed by atoms with Crippen molar-refractivity contribution < 1.29 is 9.59 Å². The fourth-order valence-corrected chi connectivity index (χ4v) is 2.80. The number of aromatic nitrogens is 1. The van der Waals surface area contributed by atoms with Crippen LogP contribution in [0.15, 0.2) is 24.4 Å². The summed E-state index contributed by atoms with van der Waals surface area (Å²) < 4.78 is 0. The second kappa shape index (κ2) is 8.50. The number of anilines is 1. The molecule has 2 amide bonds. The highest BCUT2D eigenvalue weighted by molar-refractivity contribution is 6.34. The summed E-state index contributed by atoms with van der Waals surface area (Å²) in [6.45, 7) is 7.87. The van der Waals surface area contributed by atoms with Crippen LogP contribution in [0.3, 0.4) is 0 Å². The number of amides is 2. The average molecular weight is 318 g/mol. The highest BCUT2D eigenvalue weighted by Gasteiger charge is 2.29. The van der Waals surface area contributed by atoms with Gasteiger partial charge in [0.05, 0.1) is 0 Å².